The lowest BCUT2D eigenvalue weighted by Gasteiger charge is -2.52. The highest BCUT2D eigenvalue weighted by atomic mass is 15.2. The largest absolute Gasteiger partial charge is 0.324 e. The van der Waals surface area contributed by atoms with Crippen LogP contribution in [0, 0.1) is 11.8 Å². The third-order valence-electron chi connectivity index (χ3n) is 3.71. The molecule has 3 heterocycles. The maximum absolute atomic E-state index is 6.50. The molecule has 3 aliphatic rings. The van der Waals surface area contributed by atoms with Gasteiger partial charge in [-0.25, -0.2) is 0 Å². The number of piperidine rings is 3. The van der Waals surface area contributed by atoms with E-state index in [-0.39, 0.29) is 5.54 Å². The predicted molar refractivity (Wildman–Crippen MR) is 55.5 cm³/mol. The van der Waals surface area contributed by atoms with Gasteiger partial charge < -0.3 is 10.6 Å². The quantitative estimate of drug-likeness (QED) is 0.700. The van der Waals surface area contributed by atoms with Crippen molar-refractivity contribution in [3.05, 3.63) is 0 Å². The highest BCUT2D eigenvalue weighted by Crippen LogP contribution is 2.37. The van der Waals surface area contributed by atoms with Crippen LogP contribution in [0.15, 0.2) is 0 Å². The molecule has 1 unspecified atom stereocenters. The summed E-state index contributed by atoms with van der Waals surface area (Å²) in [6.07, 6.45) is 3.88. The van der Waals surface area contributed by atoms with E-state index < -0.39 is 0 Å². The van der Waals surface area contributed by atoms with E-state index in [4.69, 9.17) is 5.73 Å². The van der Waals surface area contributed by atoms with E-state index in [9.17, 15) is 0 Å². The maximum Gasteiger partial charge on any atom is 0.0315 e. The van der Waals surface area contributed by atoms with Crippen molar-refractivity contribution >= 4 is 0 Å². The van der Waals surface area contributed by atoms with Crippen LogP contribution in [0.25, 0.3) is 0 Å². The Hall–Kier alpha value is -0.0800. The normalized spacial score (nSPS) is 44.3. The molecule has 76 valence electrons. The summed E-state index contributed by atoms with van der Waals surface area (Å²) < 4.78 is 0. The molecule has 3 rings (SSSR count). The van der Waals surface area contributed by atoms with Crippen LogP contribution >= 0.6 is 0 Å². The highest BCUT2D eigenvalue weighted by molar-refractivity contribution is 5.01. The van der Waals surface area contributed by atoms with Gasteiger partial charge >= 0.3 is 0 Å². The molecule has 0 aromatic rings. The zero-order valence-corrected chi connectivity index (χ0v) is 8.92. The molecule has 3 fully saturated rings. The van der Waals surface area contributed by atoms with E-state index in [2.05, 4.69) is 18.7 Å². The molecule has 1 atom stereocenters. The van der Waals surface area contributed by atoms with Gasteiger partial charge in [-0.2, -0.15) is 0 Å². The minimum absolute atomic E-state index is 0.144. The first-order valence-corrected chi connectivity index (χ1v) is 5.61. The van der Waals surface area contributed by atoms with Crippen LogP contribution in [-0.2, 0) is 0 Å². The van der Waals surface area contributed by atoms with Crippen LogP contribution in [-0.4, -0.2) is 30.1 Å². The fourth-order valence-electron chi connectivity index (χ4n) is 3.20. The van der Waals surface area contributed by atoms with Gasteiger partial charge in [0.15, 0.2) is 0 Å². The Labute approximate surface area is 81.5 Å². The van der Waals surface area contributed by atoms with Crippen LogP contribution in [0.3, 0.4) is 0 Å². The molecule has 3 saturated heterocycles. The molecule has 0 aliphatic carbocycles. The second-order valence-corrected chi connectivity index (χ2v) is 5.38. The SMILES string of the molecule is CC(C)CC1(N)CN2CCC1CC2. The summed E-state index contributed by atoms with van der Waals surface area (Å²) in [4.78, 5) is 2.54. The summed E-state index contributed by atoms with van der Waals surface area (Å²) in [6.45, 7) is 8.30. The molecule has 0 amide bonds. The molecular formula is C11H22N2. The second kappa shape index (κ2) is 3.25. The van der Waals surface area contributed by atoms with Crippen molar-refractivity contribution < 1.29 is 0 Å². The number of hydrogen-bond donors (Lipinski definition) is 1. The van der Waals surface area contributed by atoms with Crippen LogP contribution in [0.5, 0.6) is 0 Å². The number of hydrogen-bond acceptors (Lipinski definition) is 2. The lowest BCUT2D eigenvalue weighted by Crippen LogP contribution is -2.64. The third kappa shape index (κ3) is 1.75. The average molecular weight is 182 g/mol. The first-order valence-electron chi connectivity index (χ1n) is 5.61. The van der Waals surface area contributed by atoms with E-state index in [0.29, 0.717) is 0 Å². The molecule has 2 bridgehead atoms. The molecule has 0 radical (unpaired) electrons. The summed E-state index contributed by atoms with van der Waals surface area (Å²) >= 11 is 0. The van der Waals surface area contributed by atoms with E-state index in [1.165, 1.54) is 32.4 Å². The van der Waals surface area contributed by atoms with Crippen molar-refractivity contribution in [2.24, 2.45) is 17.6 Å². The molecule has 0 spiro atoms. The monoisotopic (exact) mass is 182 g/mol. The third-order valence-corrected chi connectivity index (χ3v) is 3.71. The first-order chi connectivity index (χ1) is 6.10. The van der Waals surface area contributed by atoms with E-state index >= 15 is 0 Å². The van der Waals surface area contributed by atoms with Gasteiger partial charge in [0, 0.05) is 12.1 Å². The summed E-state index contributed by atoms with van der Waals surface area (Å²) in [6, 6.07) is 0. The molecule has 0 saturated carbocycles. The second-order valence-electron chi connectivity index (χ2n) is 5.38. The number of rotatable bonds is 2. The Kier molecular flexibility index (Phi) is 2.37. The van der Waals surface area contributed by atoms with Crippen molar-refractivity contribution in [3.63, 3.8) is 0 Å². The molecular weight excluding hydrogens is 160 g/mol. The van der Waals surface area contributed by atoms with Crippen LogP contribution in [0.1, 0.15) is 33.1 Å². The van der Waals surface area contributed by atoms with Gasteiger partial charge in [0.05, 0.1) is 0 Å². The van der Waals surface area contributed by atoms with Crippen LogP contribution in [0.4, 0.5) is 0 Å². The van der Waals surface area contributed by atoms with E-state index in [1.807, 2.05) is 0 Å². The van der Waals surface area contributed by atoms with Crippen LogP contribution < -0.4 is 5.73 Å². The van der Waals surface area contributed by atoms with Gasteiger partial charge in [-0.1, -0.05) is 13.8 Å². The van der Waals surface area contributed by atoms with Crippen LogP contribution in [0.2, 0.25) is 0 Å². The van der Waals surface area contributed by atoms with Crippen molar-refractivity contribution in [2.45, 2.75) is 38.6 Å². The van der Waals surface area contributed by atoms with Crippen molar-refractivity contribution in [2.75, 3.05) is 19.6 Å². The standard InChI is InChI=1S/C11H22N2/c1-9(2)7-11(12)8-13-5-3-10(11)4-6-13/h9-10H,3-8,12H2,1-2H3. The highest BCUT2D eigenvalue weighted by Gasteiger charge is 2.43. The molecule has 3 aliphatic heterocycles. The fourth-order valence-corrected chi connectivity index (χ4v) is 3.20. The number of nitrogens with zero attached hydrogens (tertiary/aromatic N) is 1. The van der Waals surface area contributed by atoms with E-state index in [0.717, 1.165) is 18.4 Å². The summed E-state index contributed by atoms with van der Waals surface area (Å²) in [5.74, 6) is 1.55. The van der Waals surface area contributed by atoms with Crippen molar-refractivity contribution in [1.82, 2.24) is 4.90 Å². The molecule has 13 heavy (non-hydrogen) atoms. The van der Waals surface area contributed by atoms with Gasteiger partial charge in [-0.05, 0) is 44.2 Å². The molecule has 0 aromatic carbocycles. The fraction of sp³-hybridized carbons (Fsp3) is 1.00. The minimum Gasteiger partial charge on any atom is -0.324 e. The summed E-state index contributed by atoms with van der Waals surface area (Å²) in [5.41, 5.74) is 6.65. The van der Waals surface area contributed by atoms with Gasteiger partial charge in [0.1, 0.15) is 0 Å². The average Bonchev–Trinajstić information content (AvgIpc) is 2.03. The Bertz CT molecular complexity index is 179. The van der Waals surface area contributed by atoms with Crippen molar-refractivity contribution in [1.29, 1.82) is 0 Å². The molecule has 2 nitrogen and oxygen atoms in total. The van der Waals surface area contributed by atoms with E-state index in [1.54, 1.807) is 0 Å². The molecule has 2 N–H and O–H groups in total. The zero-order chi connectivity index (χ0) is 9.47. The van der Waals surface area contributed by atoms with Gasteiger partial charge in [-0.15, -0.1) is 0 Å². The topological polar surface area (TPSA) is 29.3 Å². The lowest BCUT2D eigenvalue weighted by atomic mass is 9.70. The Morgan fingerprint density at radius 3 is 2.38 bits per heavy atom. The number of fused-ring (bicyclic) bond motifs is 3. The zero-order valence-electron chi connectivity index (χ0n) is 8.92. The summed E-state index contributed by atoms with van der Waals surface area (Å²) in [7, 11) is 0. The molecule has 2 heteroatoms. The number of nitrogens with two attached hydrogens (primary N) is 1. The summed E-state index contributed by atoms with van der Waals surface area (Å²) in [5, 5.41) is 0. The van der Waals surface area contributed by atoms with Crippen molar-refractivity contribution in [3.8, 4) is 0 Å². The van der Waals surface area contributed by atoms with Gasteiger partial charge in [0.2, 0.25) is 0 Å². The Balaban J connectivity index is 2.05. The van der Waals surface area contributed by atoms with Gasteiger partial charge in [0.25, 0.3) is 0 Å². The lowest BCUT2D eigenvalue weighted by molar-refractivity contribution is 0.0177. The van der Waals surface area contributed by atoms with Gasteiger partial charge in [-0.3, -0.25) is 0 Å². The Morgan fingerprint density at radius 2 is 2.00 bits per heavy atom. The maximum atomic E-state index is 6.50. The Morgan fingerprint density at radius 1 is 1.38 bits per heavy atom. The smallest absolute Gasteiger partial charge is 0.0315 e. The minimum atomic E-state index is 0.144. The first kappa shape index (κ1) is 9.47. The predicted octanol–water partition coefficient (Wildman–Crippen LogP) is 1.46. The molecule has 0 aromatic heterocycles.